The van der Waals surface area contributed by atoms with E-state index >= 15 is 0 Å². The summed E-state index contributed by atoms with van der Waals surface area (Å²) < 4.78 is 30.9. The molecule has 1 unspecified atom stereocenters. The van der Waals surface area contributed by atoms with Crippen LogP contribution in [0.1, 0.15) is 95.5 Å². The number of benzene rings is 2. The van der Waals surface area contributed by atoms with E-state index in [1.165, 1.54) is 22.7 Å². The van der Waals surface area contributed by atoms with Gasteiger partial charge in [0.2, 0.25) is 15.9 Å². The van der Waals surface area contributed by atoms with E-state index in [1.807, 2.05) is 58.0 Å². The summed E-state index contributed by atoms with van der Waals surface area (Å²) in [4.78, 5) is 36.2. The molecule has 1 aliphatic carbocycles. The lowest BCUT2D eigenvalue weighted by atomic mass is 9.91. The summed E-state index contributed by atoms with van der Waals surface area (Å²) in [6, 6.07) is 16.6. The van der Waals surface area contributed by atoms with Crippen LogP contribution >= 0.6 is 0 Å². The summed E-state index contributed by atoms with van der Waals surface area (Å²) in [6.45, 7) is 10.2. The molecule has 0 spiro atoms. The quantitative estimate of drug-likeness (QED) is 0.0595. The third-order valence-electron chi connectivity index (χ3n) is 12.0. The van der Waals surface area contributed by atoms with E-state index in [0.717, 1.165) is 36.8 Å². The van der Waals surface area contributed by atoms with E-state index in [4.69, 9.17) is 5.21 Å². The Labute approximate surface area is 349 Å². The smallest absolute Gasteiger partial charge is 0.321 e. The van der Waals surface area contributed by atoms with Gasteiger partial charge in [-0.25, -0.2) is 13.2 Å². The second kappa shape index (κ2) is 20.9. The van der Waals surface area contributed by atoms with Crippen molar-refractivity contribution in [1.82, 2.24) is 24.4 Å². The lowest BCUT2D eigenvalue weighted by Crippen LogP contribution is -2.58. The van der Waals surface area contributed by atoms with Crippen LogP contribution in [0.5, 0.6) is 0 Å². The minimum absolute atomic E-state index is 0.0501. The molecule has 1 aliphatic heterocycles. The van der Waals surface area contributed by atoms with Crippen molar-refractivity contribution in [3.63, 3.8) is 0 Å². The molecule has 14 nitrogen and oxygen atoms in total. The first-order chi connectivity index (χ1) is 28.3. The maximum Gasteiger partial charge on any atom is 0.321 e. The molecule has 1 aromatic heterocycles. The fourth-order valence-electron chi connectivity index (χ4n) is 8.36. The Kier molecular flexibility index (Phi) is 16.0. The number of amides is 3. The first-order valence-electron chi connectivity index (χ1n) is 20.8. The number of rotatable bonds is 20. The van der Waals surface area contributed by atoms with Crippen LogP contribution in [0.15, 0.2) is 88.1 Å². The Morgan fingerprint density at radius 3 is 2.34 bits per heavy atom. The molecule has 0 radical (unpaired) electrons. The number of hydrogen-bond donors (Lipinski definition) is 4. The molecule has 1 saturated carbocycles. The first kappa shape index (κ1) is 45.2. The Hall–Kier alpha value is -4.86. The van der Waals surface area contributed by atoms with Crippen LogP contribution in [0.2, 0.25) is 0 Å². The summed E-state index contributed by atoms with van der Waals surface area (Å²) >= 11 is 0. The number of nitrogens with one attached hydrogen (secondary N) is 1. The molecule has 5 atom stereocenters. The molecule has 5 rings (SSSR count). The summed E-state index contributed by atoms with van der Waals surface area (Å²) in [5.74, 6) is -0.382. The highest BCUT2D eigenvalue weighted by molar-refractivity contribution is 7.89. The number of pyridine rings is 1. The van der Waals surface area contributed by atoms with Gasteiger partial charge in [0.15, 0.2) is 0 Å². The van der Waals surface area contributed by atoms with Crippen LogP contribution in [0.3, 0.4) is 0 Å². The Balaban J connectivity index is 1.44. The summed E-state index contributed by atoms with van der Waals surface area (Å²) in [6.07, 6.45) is 7.21. The molecule has 3 amide bonds. The average molecular weight is 832 g/mol. The number of aliphatic hydroxyl groups excluding tert-OH is 1. The van der Waals surface area contributed by atoms with Crippen LogP contribution < -0.4 is 5.32 Å². The van der Waals surface area contributed by atoms with Crippen LogP contribution in [0.4, 0.5) is 4.79 Å². The highest BCUT2D eigenvalue weighted by Crippen LogP contribution is 2.34. The number of carbonyl (C=O) groups excluding carboxylic acids is 2. The number of aliphatic hydroxyl groups is 1. The molecular weight excluding hydrogens is 771 g/mol. The molecule has 1 saturated heterocycles. The second-order valence-electron chi connectivity index (χ2n) is 16.4. The number of sulfonamides is 1. The van der Waals surface area contributed by atoms with Crippen molar-refractivity contribution < 1.29 is 33.5 Å². The van der Waals surface area contributed by atoms with Crippen molar-refractivity contribution in [3.8, 4) is 0 Å². The molecule has 0 bridgehead atoms. The monoisotopic (exact) mass is 831 g/mol. The van der Waals surface area contributed by atoms with Gasteiger partial charge < -0.3 is 30.6 Å². The zero-order valence-electron chi connectivity index (χ0n) is 34.9. The van der Waals surface area contributed by atoms with E-state index in [0.29, 0.717) is 48.8 Å². The van der Waals surface area contributed by atoms with Crippen LogP contribution in [0, 0.1) is 17.8 Å². The summed E-state index contributed by atoms with van der Waals surface area (Å²) in [5.41, 5.74) is 3.01. The predicted molar refractivity (Wildman–Crippen MR) is 227 cm³/mol. The maximum atomic E-state index is 14.7. The minimum Gasteiger partial charge on any atom is -0.411 e. The molecular formula is C44H61N7O7S. The number of aromatic nitrogens is 1. The largest absolute Gasteiger partial charge is 0.411 e. The van der Waals surface area contributed by atoms with Gasteiger partial charge in [-0.2, -0.15) is 4.31 Å². The fraction of sp³-hybridized carbons (Fsp3) is 0.523. The van der Waals surface area contributed by atoms with Crippen molar-refractivity contribution in [3.05, 3.63) is 95.3 Å². The van der Waals surface area contributed by atoms with Crippen molar-refractivity contribution in [2.24, 2.45) is 28.1 Å². The van der Waals surface area contributed by atoms with Crippen molar-refractivity contribution in [2.75, 3.05) is 19.6 Å². The third kappa shape index (κ3) is 11.5. The zero-order chi connectivity index (χ0) is 42.7. The molecule has 320 valence electrons. The van der Waals surface area contributed by atoms with Gasteiger partial charge in [0.25, 0.3) is 0 Å². The highest BCUT2D eigenvalue weighted by atomic mass is 32.2. The standard InChI is InChI=1S/C44H61N7O7S/c1-6-31(4)42(50-23-22-49(44(50)54)28-36-20-21-45-38(25-36)32(5)48-56)43(53)47-39(24-33-12-8-7-9-13-33)41(52)29-51(40(30(2)3)26-34-14-10-11-15-34)59(57,58)37-18-16-35(17-19-37)27-46-55/h7-9,12-13,16-21,25,27,30-31,34,39-42,52,55-56H,6,10-11,14-15,22-24,26,28-29H2,1-5H3,(H,47,53)/t31-,39-,40?,41+,42-/m0/s1. The number of nitrogens with zero attached hydrogens (tertiary/aromatic N) is 6. The topological polar surface area (TPSA) is 188 Å². The number of hydrogen-bond acceptors (Lipinski definition) is 10. The summed E-state index contributed by atoms with van der Waals surface area (Å²) in [5, 5.41) is 40.0. The van der Waals surface area contributed by atoms with Gasteiger partial charge in [-0.3, -0.25) is 9.78 Å². The predicted octanol–water partition coefficient (Wildman–Crippen LogP) is 6.12. The zero-order valence-corrected chi connectivity index (χ0v) is 35.7. The van der Waals surface area contributed by atoms with E-state index < -0.39 is 40.2 Å². The third-order valence-corrected chi connectivity index (χ3v) is 13.9. The fourth-order valence-corrected chi connectivity index (χ4v) is 10.1. The normalized spacial score (nSPS) is 18.2. The van der Waals surface area contributed by atoms with Crippen LogP contribution in [-0.4, -0.2) is 111 Å². The second-order valence-corrected chi connectivity index (χ2v) is 18.3. The lowest BCUT2D eigenvalue weighted by molar-refractivity contribution is -0.128. The summed E-state index contributed by atoms with van der Waals surface area (Å²) in [7, 11) is -4.17. The van der Waals surface area contributed by atoms with Crippen molar-refractivity contribution >= 4 is 33.9 Å². The van der Waals surface area contributed by atoms with Gasteiger partial charge >= 0.3 is 6.03 Å². The van der Waals surface area contributed by atoms with Gasteiger partial charge in [-0.15, -0.1) is 0 Å². The molecule has 2 fully saturated rings. The molecule has 59 heavy (non-hydrogen) atoms. The Bertz CT molecular complexity index is 2010. The molecule has 2 aliphatic rings. The molecule has 15 heteroatoms. The van der Waals surface area contributed by atoms with Crippen molar-refractivity contribution in [2.45, 2.75) is 115 Å². The van der Waals surface area contributed by atoms with Crippen LogP contribution in [-0.2, 0) is 27.8 Å². The molecule has 2 aromatic carbocycles. The molecule has 2 heterocycles. The molecule has 4 N–H and O–H groups in total. The molecule has 3 aromatic rings. The lowest BCUT2D eigenvalue weighted by Gasteiger charge is -2.38. The highest BCUT2D eigenvalue weighted by Gasteiger charge is 2.42. The van der Waals surface area contributed by atoms with Crippen molar-refractivity contribution in [1.29, 1.82) is 0 Å². The maximum absolute atomic E-state index is 14.7. The van der Waals surface area contributed by atoms with E-state index in [-0.39, 0.29) is 42.3 Å². The van der Waals surface area contributed by atoms with Gasteiger partial charge in [-0.05, 0) is 78.5 Å². The average Bonchev–Trinajstić information content (AvgIpc) is 3.88. The SMILES string of the molecule is CC[C@H](C)[C@@H](C(=O)N[C@@H](Cc1ccccc1)[C@H](O)CN(C(CC1CCCC1)C(C)C)S(=O)(=O)c1ccc(C=NO)cc1)N1CCN(Cc2ccnc(C(C)=NO)c2)C1=O. The van der Waals surface area contributed by atoms with E-state index in [9.17, 15) is 28.3 Å². The van der Waals surface area contributed by atoms with E-state index in [2.05, 4.69) is 20.6 Å². The van der Waals surface area contributed by atoms with Gasteiger partial charge in [0.1, 0.15) is 11.8 Å². The minimum atomic E-state index is -4.17. The van der Waals surface area contributed by atoms with Crippen LogP contribution in [0.25, 0.3) is 0 Å². The Morgan fingerprint density at radius 2 is 1.71 bits per heavy atom. The number of urea groups is 1. The van der Waals surface area contributed by atoms with Gasteiger partial charge in [0, 0.05) is 38.4 Å². The van der Waals surface area contributed by atoms with E-state index in [1.54, 1.807) is 47.2 Å². The number of carbonyl (C=O) groups is 2. The first-order valence-corrected chi connectivity index (χ1v) is 22.2. The number of oxime groups is 2. The Morgan fingerprint density at radius 1 is 1.02 bits per heavy atom. The van der Waals surface area contributed by atoms with Gasteiger partial charge in [0.05, 0.1) is 28.9 Å². The van der Waals surface area contributed by atoms with Gasteiger partial charge in [-0.1, -0.05) is 113 Å².